The number of nitrogens with two attached hydrogens (primary N) is 1. The fourth-order valence-electron chi connectivity index (χ4n) is 5.10. The molecule has 0 unspecified atom stereocenters. The molecule has 1 aromatic heterocycles. The van der Waals surface area contributed by atoms with Crippen molar-refractivity contribution in [1.82, 2.24) is 9.80 Å². The highest BCUT2D eigenvalue weighted by Crippen LogP contribution is 2.35. The summed E-state index contributed by atoms with van der Waals surface area (Å²) >= 11 is 0. The summed E-state index contributed by atoms with van der Waals surface area (Å²) < 4.78 is 95.6. The minimum atomic E-state index is -3.81. The van der Waals surface area contributed by atoms with Gasteiger partial charge in [-0.2, -0.15) is 8.42 Å². The van der Waals surface area contributed by atoms with Crippen molar-refractivity contribution in [3.63, 3.8) is 0 Å². The van der Waals surface area contributed by atoms with E-state index in [1.54, 1.807) is 24.5 Å². The van der Waals surface area contributed by atoms with Gasteiger partial charge in [0.1, 0.15) is 5.58 Å². The number of methoxy groups -OCH3 is 1. The molecule has 2 aliphatic heterocycles. The van der Waals surface area contributed by atoms with Crippen LogP contribution >= 0.6 is 0 Å². The maximum atomic E-state index is 12.9. The van der Waals surface area contributed by atoms with Crippen molar-refractivity contribution in [2.75, 3.05) is 101 Å². The normalized spacial score (nSPS) is 14.7. The minimum Gasteiger partial charge on any atom is -0.464 e. The number of benzene rings is 2. The molecule has 2 aliphatic rings. The Bertz CT molecular complexity index is 2020. The van der Waals surface area contributed by atoms with E-state index in [2.05, 4.69) is 24.4 Å². The molecule has 0 aliphatic carbocycles. The first kappa shape index (κ1) is 43.9. The maximum Gasteiger partial charge on any atom is 0.267 e. The average Bonchev–Trinajstić information content (AvgIpc) is 3.56. The monoisotopic (exact) mass is 805 g/mol. The van der Waals surface area contributed by atoms with Crippen LogP contribution in [0.15, 0.2) is 51.9 Å². The van der Waals surface area contributed by atoms with E-state index in [1.807, 2.05) is 37.2 Å². The molecule has 3 aromatic rings. The SMILES string of the molecule is CCS(N)(=O)=O.CN(C)CCS(=O)(=O)Nc1cccc(N2CCN(CCCCc3coc4cc5c(cc4c3=O)OCO5)CC2)c1.COCCS(=O)(=O)O. The van der Waals surface area contributed by atoms with Crippen LogP contribution in [0.3, 0.4) is 0 Å². The molecule has 1 fully saturated rings. The van der Waals surface area contributed by atoms with E-state index in [0.29, 0.717) is 46.7 Å². The zero-order valence-corrected chi connectivity index (χ0v) is 33.0. The van der Waals surface area contributed by atoms with Crippen LogP contribution in [0.25, 0.3) is 11.0 Å². The van der Waals surface area contributed by atoms with E-state index in [9.17, 15) is 30.0 Å². The summed E-state index contributed by atoms with van der Waals surface area (Å²) in [6, 6.07) is 11.0. The largest absolute Gasteiger partial charge is 0.464 e. The molecule has 5 rings (SSSR count). The van der Waals surface area contributed by atoms with Crippen LogP contribution in [0.5, 0.6) is 11.5 Å². The van der Waals surface area contributed by atoms with Crippen LogP contribution in [0, 0.1) is 0 Å². The fourth-order valence-corrected chi connectivity index (χ4v) is 6.67. The van der Waals surface area contributed by atoms with Crippen molar-refractivity contribution < 1.29 is 48.4 Å². The lowest BCUT2D eigenvalue weighted by Gasteiger charge is -2.36. The first-order valence-corrected chi connectivity index (χ1v) is 21.9. The third-order valence-corrected chi connectivity index (χ3v) is 10.9. The van der Waals surface area contributed by atoms with Gasteiger partial charge in [0, 0.05) is 57.2 Å². The number of hydrogen-bond acceptors (Lipinski definition) is 14. The average molecular weight is 806 g/mol. The summed E-state index contributed by atoms with van der Waals surface area (Å²) in [5.74, 6) is 0.933. The highest BCUT2D eigenvalue weighted by molar-refractivity contribution is 7.92. The Hall–Kier alpha value is -3.50. The van der Waals surface area contributed by atoms with Gasteiger partial charge in [0.25, 0.3) is 10.1 Å². The predicted octanol–water partition coefficient (Wildman–Crippen LogP) is 1.79. The summed E-state index contributed by atoms with van der Waals surface area (Å²) in [4.78, 5) is 19.5. The van der Waals surface area contributed by atoms with Gasteiger partial charge in [0.05, 0.1) is 41.2 Å². The van der Waals surface area contributed by atoms with Crippen LogP contribution in [0.4, 0.5) is 11.4 Å². The number of fused-ring (bicyclic) bond motifs is 2. The zero-order chi connectivity index (χ0) is 39.2. The Morgan fingerprint density at radius 1 is 0.962 bits per heavy atom. The predicted molar refractivity (Wildman–Crippen MR) is 205 cm³/mol. The molecule has 20 heteroatoms. The lowest BCUT2D eigenvalue weighted by molar-refractivity contribution is 0.174. The molecule has 53 heavy (non-hydrogen) atoms. The maximum absolute atomic E-state index is 12.9. The third kappa shape index (κ3) is 15.8. The molecule has 1 saturated heterocycles. The van der Waals surface area contributed by atoms with Gasteiger partial charge in [-0.1, -0.05) is 6.07 Å². The second-order valence-electron chi connectivity index (χ2n) is 12.6. The number of aryl methyl sites for hydroxylation is 1. The number of rotatable bonds is 15. The Labute approximate surface area is 311 Å². The van der Waals surface area contributed by atoms with Gasteiger partial charge in [0.15, 0.2) is 16.9 Å². The molecular formula is C33H51N5O12S3. The summed E-state index contributed by atoms with van der Waals surface area (Å²) in [5, 5.41) is 5.03. The Morgan fingerprint density at radius 2 is 1.62 bits per heavy atom. The van der Waals surface area contributed by atoms with Crippen molar-refractivity contribution in [3.05, 3.63) is 58.4 Å². The number of piperazine rings is 1. The third-order valence-electron chi connectivity index (χ3n) is 8.12. The van der Waals surface area contributed by atoms with Crippen molar-refractivity contribution in [2.45, 2.75) is 26.2 Å². The number of primary sulfonamides is 1. The van der Waals surface area contributed by atoms with Crippen LogP contribution in [0.1, 0.15) is 25.3 Å². The molecule has 0 amide bonds. The Balaban J connectivity index is 0.000000458. The second kappa shape index (κ2) is 20.3. The van der Waals surface area contributed by atoms with Gasteiger partial charge in [-0.15, -0.1) is 0 Å². The summed E-state index contributed by atoms with van der Waals surface area (Å²) in [6.45, 7) is 6.76. The summed E-state index contributed by atoms with van der Waals surface area (Å²) in [6.07, 6.45) is 4.13. The van der Waals surface area contributed by atoms with Gasteiger partial charge in [0.2, 0.25) is 26.8 Å². The number of nitrogens with zero attached hydrogens (tertiary/aromatic N) is 3. The molecule has 298 valence electrons. The van der Waals surface area contributed by atoms with Crippen molar-refractivity contribution >= 4 is 52.5 Å². The highest BCUT2D eigenvalue weighted by atomic mass is 32.2. The number of ether oxygens (including phenoxy) is 3. The first-order chi connectivity index (χ1) is 24.9. The van der Waals surface area contributed by atoms with Crippen LogP contribution < -0.4 is 29.7 Å². The van der Waals surface area contributed by atoms with Gasteiger partial charge < -0.3 is 28.4 Å². The second-order valence-corrected chi connectivity index (χ2v) is 17.9. The molecule has 3 heterocycles. The van der Waals surface area contributed by atoms with Crippen molar-refractivity contribution in [3.8, 4) is 11.5 Å². The molecule has 2 aromatic carbocycles. The molecule has 0 spiro atoms. The van der Waals surface area contributed by atoms with E-state index in [1.165, 1.54) is 14.0 Å². The first-order valence-electron chi connectivity index (χ1n) is 16.9. The van der Waals surface area contributed by atoms with Crippen LogP contribution in [0.2, 0.25) is 0 Å². The summed E-state index contributed by atoms with van der Waals surface area (Å²) in [7, 11) is -5.28. The van der Waals surface area contributed by atoms with Gasteiger partial charge in [-0.25, -0.2) is 22.0 Å². The van der Waals surface area contributed by atoms with Gasteiger partial charge in [-0.05, 0) is 71.1 Å². The van der Waals surface area contributed by atoms with Gasteiger partial charge >= 0.3 is 0 Å². The topological polar surface area (TPSA) is 228 Å². The molecule has 0 bridgehead atoms. The van der Waals surface area contributed by atoms with Crippen molar-refractivity contribution in [2.24, 2.45) is 5.14 Å². The van der Waals surface area contributed by atoms with Crippen LogP contribution in [-0.2, 0) is 41.3 Å². The molecule has 0 radical (unpaired) electrons. The standard InChI is InChI=1S/C28H36N4O6S.C3H8O4S.C2H7NO2S/c1-30(2)14-15-39(34,35)29-22-7-5-8-23(16-22)32-12-10-31(11-13-32)9-4-3-6-21-19-36-25-18-27-26(37-20-38-27)17-24(25)28(21)33;1-7-2-3-8(4,5)6;1-2-6(3,4)5/h5,7-8,16-19,29H,3-4,6,9-15,20H2,1-2H3;2-3H2,1H3,(H,4,5,6);2H2,1H3,(H2,3,4,5). The van der Waals surface area contributed by atoms with Gasteiger partial charge in [-0.3, -0.25) is 19.0 Å². The number of sulfonamides is 2. The van der Waals surface area contributed by atoms with Crippen LogP contribution in [-0.4, -0.2) is 131 Å². The highest BCUT2D eigenvalue weighted by Gasteiger charge is 2.20. The van der Waals surface area contributed by atoms with E-state index >= 15 is 0 Å². The van der Waals surface area contributed by atoms with E-state index in [4.69, 9.17) is 18.4 Å². The van der Waals surface area contributed by atoms with Crippen molar-refractivity contribution in [1.29, 1.82) is 0 Å². The number of nitrogens with one attached hydrogen (secondary N) is 1. The molecule has 0 saturated carbocycles. The lowest BCUT2D eigenvalue weighted by atomic mass is 10.1. The quantitative estimate of drug-likeness (QED) is 0.147. The number of unbranched alkanes of at least 4 members (excludes halogenated alkanes) is 1. The summed E-state index contributed by atoms with van der Waals surface area (Å²) in [5.41, 5.74) is 2.80. The number of hydrogen-bond donors (Lipinski definition) is 3. The molecule has 17 nitrogen and oxygen atoms in total. The fraction of sp³-hybridized carbons (Fsp3) is 0.545. The van der Waals surface area contributed by atoms with E-state index in [0.717, 1.165) is 51.3 Å². The zero-order valence-electron chi connectivity index (χ0n) is 30.5. The molecule has 4 N–H and O–H groups in total. The Kier molecular flexibility index (Phi) is 16.8. The molecular weight excluding hydrogens is 755 g/mol. The lowest BCUT2D eigenvalue weighted by Crippen LogP contribution is -2.46. The Morgan fingerprint density at radius 3 is 2.21 bits per heavy atom. The van der Waals surface area contributed by atoms with E-state index < -0.39 is 30.2 Å². The molecule has 0 atom stereocenters. The smallest absolute Gasteiger partial charge is 0.267 e. The van der Waals surface area contributed by atoms with E-state index in [-0.39, 0.29) is 36.1 Å². The minimum absolute atomic E-state index is 0.00890. The number of anilines is 2.